The Kier molecular flexibility index (Phi) is 5.32. The van der Waals surface area contributed by atoms with E-state index in [0.29, 0.717) is 23.6 Å². The van der Waals surface area contributed by atoms with Gasteiger partial charge >= 0.3 is 0 Å². The number of hydrogen-bond donors (Lipinski definition) is 0. The average molecular weight is 381 g/mol. The van der Waals surface area contributed by atoms with Crippen LogP contribution >= 0.6 is 0 Å². The minimum absolute atomic E-state index is 0.0824. The zero-order valence-electron chi connectivity index (χ0n) is 18.4. The highest BCUT2D eigenvalue weighted by Crippen LogP contribution is 2.38. The molecule has 1 aliphatic carbocycles. The molecule has 0 N–H and O–H groups in total. The smallest absolute Gasteiger partial charge is 0.159 e. The summed E-state index contributed by atoms with van der Waals surface area (Å²) in [5.74, 6) is -3.52. The summed E-state index contributed by atoms with van der Waals surface area (Å²) < 4.78 is 80.3. The second-order valence-corrected chi connectivity index (χ2v) is 7.37. The Bertz CT molecular complexity index is 883. The van der Waals surface area contributed by atoms with E-state index >= 15 is 0 Å². The molecule has 0 spiro atoms. The van der Waals surface area contributed by atoms with Crippen LogP contribution in [0.2, 0.25) is 0 Å². The van der Waals surface area contributed by atoms with E-state index < -0.39 is 53.2 Å². The second-order valence-electron chi connectivity index (χ2n) is 7.37. The molecule has 0 saturated heterocycles. The molecule has 2 aromatic carbocycles. The molecule has 0 heterocycles. The van der Waals surface area contributed by atoms with Crippen LogP contribution in [0, 0.1) is 29.2 Å². The Morgan fingerprint density at radius 3 is 2.26 bits per heavy atom. The number of rotatable bonds is 6. The molecule has 0 amide bonds. The lowest BCUT2D eigenvalue weighted by Crippen LogP contribution is -2.14. The maximum absolute atomic E-state index is 14.8. The third kappa shape index (κ3) is 4.91. The van der Waals surface area contributed by atoms with Crippen LogP contribution in [0.3, 0.4) is 0 Å². The van der Waals surface area contributed by atoms with Gasteiger partial charge in [-0.3, -0.25) is 0 Å². The number of hydrogen-bond acceptors (Lipinski definition) is 0. The van der Waals surface area contributed by atoms with E-state index in [0.717, 1.165) is 32.1 Å². The first kappa shape index (κ1) is 16.1. The number of halogens is 4. The lowest BCUT2D eigenvalue weighted by molar-refractivity contribution is 0.307. The zero-order valence-corrected chi connectivity index (χ0v) is 15.4. The Balaban J connectivity index is 1.82. The van der Waals surface area contributed by atoms with Gasteiger partial charge in [0.15, 0.2) is 11.6 Å². The highest BCUT2D eigenvalue weighted by Gasteiger charge is 2.23. The van der Waals surface area contributed by atoms with Crippen molar-refractivity contribution in [1.29, 1.82) is 0 Å². The first-order valence-corrected chi connectivity index (χ1v) is 9.56. The third-order valence-electron chi connectivity index (χ3n) is 5.49. The molecule has 0 unspecified atom stereocenters. The Hall–Kier alpha value is -1.84. The van der Waals surface area contributed by atoms with Crippen molar-refractivity contribution in [2.45, 2.75) is 64.2 Å². The van der Waals surface area contributed by atoms with Gasteiger partial charge in [-0.1, -0.05) is 25.8 Å². The Labute approximate surface area is 162 Å². The van der Waals surface area contributed by atoms with E-state index in [4.69, 9.17) is 4.11 Å². The molecule has 2 aromatic rings. The third-order valence-corrected chi connectivity index (χ3v) is 5.49. The van der Waals surface area contributed by atoms with Crippen molar-refractivity contribution in [2.75, 3.05) is 0 Å². The molecule has 1 aliphatic rings. The van der Waals surface area contributed by atoms with Gasteiger partial charge in [-0.25, -0.2) is 17.6 Å². The lowest BCUT2D eigenvalue weighted by Gasteiger charge is -2.29. The van der Waals surface area contributed by atoms with Crippen LogP contribution < -0.4 is 0 Å². The maximum Gasteiger partial charge on any atom is 0.159 e. The van der Waals surface area contributed by atoms with Crippen molar-refractivity contribution in [2.24, 2.45) is 5.92 Å². The highest BCUT2D eigenvalue weighted by molar-refractivity contribution is 5.30. The second kappa shape index (κ2) is 8.90. The largest absolute Gasteiger partial charge is 0.207 e. The van der Waals surface area contributed by atoms with Gasteiger partial charge in [0.2, 0.25) is 0 Å². The van der Waals surface area contributed by atoms with E-state index in [-0.39, 0.29) is 5.92 Å². The van der Waals surface area contributed by atoms with Gasteiger partial charge in [-0.05, 0) is 85.7 Å². The predicted molar refractivity (Wildman–Crippen MR) is 99.7 cm³/mol. The Morgan fingerprint density at radius 2 is 1.63 bits per heavy atom. The first-order valence-electron chi connectivity index (χ1n) is 11.1. The van der Waals surface area contributed by atoms with Gasteiger partial charge in [0.1, 0.15) is 11.6 Å². The van der Waals surface area contributed by atoms with Gasteiger partial charge < -0.3 is 0 Å². The van der Waals surface area contributed by atoms with Crippen LogP contribution in [-0.2, 0) is 12.8 Å². The summed E-state index contributed by atoms with van der Waals surface area (Å²) in [7, 11) is 0. The summed E-state index contributed by atoms with van der Waals surface area (Å²) in [4.78, 5) is 0. The van der Waals surface area contributed by atoms with Gasteiger partial charge in [-0.15, -0.1) is 0 Å². The van der Waals surface area contributed by atoms with Crippen molar-refractivity contribution < 1.29 is 21.7 Å². The summed E-state index contributed by atoms with van der Waals surface area (Å²) in [6, 6.07) is 3.13. The van der Waals surface area contributed by atoms with Crippen LogP contribution in [-0.4, -0.2) is 0 Å². The molecule has 1 fully saturated rings. The molecular formula is C23H26F4. The summed E-state index contributed by atoms with van der Waals surface area (Å²) in [5, 5.41) is 0. The topological polar surface area (TPSA) is 0 Å². The SMILES string of the molecule is [2H]c1cc(F)c(F)cc1C([2H])([2H])Cc1c(F)cc(C2CCC(CCC)CC2)cc1F. The average Bonchev–Trinajstić information content (AvgIpc) is 2.68. The molecule has 3 rings (SSSR count). The van der Waals surface area contributed by atoms with Crippen molar-refractivity contribution in [3.8, 4) is 0 Å². The van der Waals surface area contributed by atoms with E-state index in [9.17, 15) is 17.6 Å². The van der Waals surface area contributed by atoms with Crippen LogP contribution in [0.25, 0.3) is 0 Å². The number of aryl methyl sites for hydroxylation is 1. The monoisotopic (exact) mass is 381 g/mol. The molecule has 0 nitrogen and oxygen atoms in total. The quantitative estimate of drug-likeness (QED) is 0.468. The predicted octanol–water partition coefficient (Wildman–Crippen LogP) is 7.10. The van der Waals surface area contributed by atoms with Crippen LogP contribution in [0.1, 0.15) is 72.2 Å². The normalized spacial score (nSPS) is 22.2. The molecular weight excluding hydrogens is 352 g/mol. The van der Waals surface area contributed by atoms with Crippen molar-refractivity contribution in [3.05, 3.63) is 70.3 Å². The minimum atomic E-state index is -2.44. The van der Waals surface area contributed by atoms with Crippen LogP contribution in [0.4, 0.5) is 17.6 Å². The summed E-state index contributed by atoms with van der Waals surface area (Å²) in [6.07, 6.45) is 2.97. The fourth-order valence-electron chi connectivity index (χ4n) is 3.95. The van der Waals surface area contributed by atoms with Gasteiger partial charge in [0.05, 0.1) is 1.37 Å². The minimum Gasteiger partial charge on any atom is -0.207 e. The molecule has 146 valence electrons. The molecule has 0 aromatic heterocycles. The highest BCUT2D eigenvalue weighted by atomic mass is 19.2. The maximum atomic E-state index is 14.8. The van der Waals surface area contributed by atoms with Crippen LogP contribution in [0.15, 0.2) is 30.3 Å². The fourth-order valence-corrected chi connectivity index (χ4v) is 3.95. The molecule has 0 radical (unpaired) electrons. The molecule has 0 aliphatic heterocycles. The van der Waals surface area contributed by atoms with E-state index in [2.05, 4.69) is 6.92 Å². The Morgan fingerprint density at radius 1 is 0.963 bits per heavy atom. The molecule has 4 heteroatoms. The van der Waals surface area contributed by atoms with Crippen molar-refractivity contribution in [1.82, 2.24) is 0 Å². The van der Waals surface area contributed by atoms with Gasteiger partial charge in [0.25, 0.3) is 0 Å². The molecule has 0 bridgehead atoms. The zero-order chi connectivity index (χ0) is 22.1. The van der Waals surface area contributed by atoms with Crippen molar-refractivity contribution in [3.63, 3.8) is 0 Å². The molecule has 27 heavy (non-hydrogen) atoms. The standard InChI is InChI=1S/C23H26F4/c1-2-3-15-4-8-17(9-5-15)18-13-21(25)19(22(26)14-18)10-6-16-7-11-20(24)23(27)12-16/h7,11-15,17H,2-6,8-10H2,1H3/i6D2,7D. The number of benzene rings is 2. The van der Waals surface area contributed by atoms with E-state index in [1.807, 2.05) is 0 Å². The summed E-state index contributed by atoms with van der Waals surface area (Å²) in [6.45, 7) is 2.15. The van der Waals surface area contributed by atoms with E-state index in [1.165, 1.54) is 18.6 Å². The van der Waals surface area contributed by atoms with Crippen LogP contribution in [0.5, 0.6) is 0 Å². The first-order chi connectivity index (χ1) is 14.1. The van der Waals surface area contributed by atoms with Gasteiger partial charge in [-0.2, -0.15) is 0 Å². The fraction of sp³-hybridized carbons (Fsp3) is 0.478. The molecule has 1 saturated carbocycles. The lowest BCUT2D eigenvalue weighted by atomic mass is 9.77. The summed E-state index contributed by atoms with van der Waals surface area (Å²) in [5.41, 5.74) is -0.315. The van der Waals surface area contributed by atoms with E-state index in [1.54, 1.807) is 0 Å². The molecule has 0 atom stereocenters. The summed E-state index contributed by atoms with van der Waals surface area (Å²) >= 11 is 0. The van der Waals surface area contributed by atoms with Crippen molar-refractivity contribution >= 4 is 0 Å². The van der Waals surface area contributed by atoms with Gasteiger partial charge in [0, 0.05) is 8.30 Å².